The second-order valence-corrected chi connectivity index (χ2v) is 2.72. The van der Waals surface area contributed by atoms with Gasteiger partial charge in [0.15, 0.2) is 0 Å². The van der Waals surface area contributed by atoms with Crippen molar-refractivity contribution in [3.8, 4) is 0 Å². The summed E-state index contributed by atoms with van der Waals surface area (Å²) >= 11 is 4.96. The molecule has 0 radical (unpaired) electrons. The predicted molar refractivity (Wildman–Crippen MR) is 43.7 cm³/mol. The molecule has 2 N–H and O–H groups in total. The highest BCUT2D eigenvalue weighted by Gasteiger charge is 2.19. The minimum atomic E-state index is -2.95. The number of carbonyl (C=O) groups is 1. The molecule has 0 saturated heterocycles. The van der Waals surface area contributed by atoms with Gasteiger partial charge in [-0.25, -0.2) is 13.8 Å². The smallest absolute Gasteiger partial charge is 0.280 e. The molecular weight excluding hydrogens is 221 g/mol. The van der Waals surface area contributed by atoms with Crippen molar-refractivity contribution >= 4 is 22.5 Å². The van der Waals surface area contributed by atoms with Crippen LogP contribution < -0.4 is 5.73 Å². The molecule has 0 spiro atoms. The van der Waals surface area contributed by atoms with Gasteiger partial charge in [0, 0.05) is 0 Å². The largest absolute Gasteiger partial charge is 0.398 e. The first kappa shape index (κ1) is 10.8. The summed E-state index contributed by atoms with van der Waals surface area (Å²) < 4.78 is 37.0. The van der Waals surface area contributed by atoms with Crippen molar-refractivity contribution < 1.29 is 18.0 Å². The molecule has 0 aliphatic carbocycles. The Morgan fingerprint density at radius 3 is 2.50 bits per heavy atom. The molecule has 14 heavy (non-hydrogen) atoms. The molecule has 76 valence electrons. The highest BCUT2D eigenvalue weighted by Crippen LogP contribution is 2.23. The number of anilines is 1. The minimum absolute atomic E-state index is 0.451. The summed E-state index contributed by atoms with van der Waals surface area (Å²) in [6.07, 6.45) is -2.95. The van der Waals surface area contributed by atoms with E-state index in [0.29, 0.717) is 6.07 Å². The number of nitrogen functional groups attached to an aromatic ring is 1. The molecule has 1 rings (SSSR count). The molecule has 3 nitrogen and oxygen atoms in total. The van der Waals surface area contributed by atoms with Crippen LogP contribution in [-0.4, -0.2) is 10.2 Å². The Morgan fingerprint density at radius 2 is 2.14 bits per heavy atom. The first-order valence-electron chi connectivity index (χ1n) is 3.37. The summed E-state index contributed by atoms with van der Waals surface area (Å²) in [5.74, 6) is -1.39. The van der Waals surface area contributed by atoms with Crippen molar-refractivity contribution in [3.05, 3.63) is 23.3 Å². The van der Waals surface area contributed by atoms with Crippen LogP contribution >= 0.6 is 11.6 Å². The third kappa shape index (κ3) is 1.95. The number of rotatable bonds is 2. The molecule has 0 aliphatic rings. The third-order valence-corrected chi connectivity index (χ3v) is 1.63. The predicted octanol–water partition coefficient (Wildman–Crippen LogP) is 2.12. The van der Waals surface area contributed by atoms with E-state index in [4.69, 9.17) is 17.3 Å². The SMILES string of the molecule is Nc1cc(C(F)F)nc(F)c1C(=O)Cl. The number of nitrogens with zero attached hydrogens (tertiary/aromatic N) is 1. The molecule has 0 aliphatic heterocycles. The van der Waals surface area contributed by atoms with Gasteiger partial charge in [0.25, 0.3) is 11.7 Å². The van der Waals surface area contributed by atoms with Crippen LogP contribution in [-0.2, 0) is 0 Å². The molecule has 0 bridgehead atoms. The second-order valence-electron chi connectivity index (χ2n) is 2.38. The van der Waals surface area contributed by atoms with Gasteiger partial charge in [-0.2, -0.15) is 4.39 Å². The van der Waals surface area contributed by atoms with Crippen LogP contribution in [0.2, 0.25) is 0 Å². The Morgan fingerprint density at radius 1 is 1.57 bits per heavy atom. The first-order valence-corrected chi connectivity index (χ1v) is 3.75. The number of aromatic nitrogens is 1. The van der Waals surface area contributed by atoms with Gasteiger partial charge in [-0.15, -0.1) is 0 Å². The lowest BCUT2D eigenvalue weighted by Crippen LogP contribution is -2.06. The van der Waals surface area contributed by atoms with E-state index in [1.165, 1.54) is 0 Å². The van der Waals surface area contributed by atoms with Crippen LogP contribution in [0.15, 0.2) is 6.07 Å². The minimum Gasteiger partial charge on any atom is -0.398 e. The summed E-state index contributed by atoms with van der Waals surface area (Å²) in [7, 11) is 0. The number of nitrogens with two attached hydrogens (primary N) is 1. The van der Waals surface area contributed by atoms with Gasteiger partial charge in [-0.1, -0.05) is 0 Å². The maximum absolute atomic E-state index is 12.9. The molecule has 0 fully saturated rings. The van der Waals surface area contributed by atoms with Gasteiger partial charge in [-0.3, -0.25) is 4.79 Å². The fourth-order valence-electron chi connectivity index (χ4n) is 0.858. The average Bonchev–Trinajstić information content (AvgIpc) is 2.01. The van der Waals surface area contributed by atoms with Crippen LogP contribution in [0.25, 0.3) is 0 Å². The van der Waals surface area contributed by atoms with Gasteiger partial charge in [0.1, 0.15) is 11.3 Å². The summed E-state index contributed by atoms with van der Waals surface area (Å²) in [6, 6.07) is 0.712. The monoisotopic (exact) mass is 224 g/mol. The van der Waals surface area contributed by atoms with Crippen molar-refractivity contribution in [2.45, 2.75) is 6.43 Å². The van der Waals surface area contributed by atoms with Crippen LogP contribution in [0.5, 0.6) is 0 Å². The molecular formula is C7H4ClF3N2O. The molecule has 0 unspecified atom stereocenters. The molecule has 7 heteroatoms. The highest BCUT2D eigenvalue weighted by molar-refractivity contribution is 6.68. The molecule has 1 aromatic heterocycles. The Balaban J connectivity index is 3.32. The maximum atomic E-state index is 12.9. The van der Waals surface area contributed by atoms with Crippen molar-refractivity contribution in [1.82, 2.24) is 4.98 Å². The third-order valence-electron chi connectivity index (χ3n) is 1.45. The Labute approximate surface area is 81.7 Å². The van der Waals surface area contributed by atoms with E-state index in [2.05, 4.69) is 4.98 Å². The molecule has 0 aromatic carbocycles. The van der Waals surface area contributed by atoms with Crippen LogP contribution in [0, 0.1) is 5.95 Å². The molecule has 0 saturated carbocycles. The summed E-state index contributed by atoms with van der Waals surface area (Å²) in [5.41, 5.74) is 3.18. The molecule has 1 heterocycles. The van der Waals surface area contributed by atoms with Gasteiger partial charge >= 0.3 is 0 Å². The Kier molecular flexibility index (Phi) is 2.95. The Bertz CT molecular complexity index is 360. The van der Waals surface area contributed by atoms with Crippen molar-refractivity contribution in [2.75, 3.05) is 5.73 Å². The van der Waals surface area contributed by atoms with Gasteiger partial charge in [0.2, 0.25) is 5.95 Å². The van der Waals surface area contributed by atoms with E-state index in [-0.39, 0.29) is 0 Å². The lowest BCUT2D eigenvalue weighted by Gasteiger charge is -2.04. The lowest BCUT2D eigenvalue weighted by atomic mass is 10.2. The van der Waals surface area contributed by atoms with E-state index in [1.54, 1.807) is 0 Å². The van der Waals surface area contributed by atoms with E-state index < -0.39 is 34.6 Å². The van der Waals surface area contributed by atoms with E-state index >= 15 is 0 Å². The zero-order valence-corrected chi connectivity index (χ0v) is 7.36. The normalized spacial score (nSPS) is 10.6. The summed E-state index contributed by atoms with van der Waals surface area (Å²) in [4.78, 5) is 13.4. The van der Waals surface area contributed by atoms with E-state index in [0.717, 1.165) is 0 Å². The van der Waals surface area contributed by atoms with Crippen molar-refractivity contribution in [1.29, 1.82) is 0 Å². The Hall–Kier alpha value is -1.30. The number of hydrogen-bond donors (Lipinski definition) is 1. The number of pyridine rings is 1. The second kappa shape index (κ2) is 3.83. The maximum Gasteiger partial charge on any atom is 0.280 e. The van der Waals surface area contributed by atoms with Crippen LogP contribution in [0.1, 0.15) is 22.5 Å². The van der Waals surface area contributed by atoms with Crippen molar-refractivity contribution in [3.63, 3.8) is 0 Å². The van der Waals surface area contributed by atoms with Crippen molar-refractivity contribution in [2.24, 2.45) is 0 Å². The standard InChI is InChI=1S/C7H4ClF3N2O/c8-5(14)4-2(12)1-3(6(9)10)13-7(4)11/h1,6H,(H2,12,13). The summed E-state index contributed by atoms with van der Waals surface area (Å²) in [6.45, 7) is 0. The van der Waals surface area contributed by atoms with Gasteiger partial charge in [0.05, 0.1) is 5.69 Å². The van der Waals surface area contributed by atoms with E-state index in [1.807, 2.05) is 0 Å². The zero-order chi connectivity index (χ0) is 10.9. The summed E-state index contributed by atoms with van der Waals surface area (Å²) in [5, 5.41) is -1.17. The lowest BCUT2D eigenvalue weighted by molar-refractivity contribution is 0.107. The number of carbonyl (C=O) groups excluding carboxylic acids is 1. The number of hydrogen-bond acceptors (Lipinski definition) is 3. The van der Waals surface area contributed by atoms with Crippen LogP contribution in [0.3, 0.4) is 0 Å². The zero-order valence-electron chi connectivity index (χ0n) is 6.60. The fourth-order valence-corrected chi connectivity index (χ4v) is 1.05. The molecule has 0 atom stereocenters. The molecule has 1 aromatic rings. The number of alkyl halides is 2. The topological polar surface area (TPSA) is 56.0 Å². The number of halogens is 4. The molecule has 0 amide bonds. The van der Waals surface area contributed by atoms with Crippen LogP contribution in [0.4, 0.5) is 18.9 Å². The average molecular weight is 225 g/mol. The highest BCUT2D eigenvalue weighted by atomic mass is 35.5. The fraction of sp³-hybridized carbons (Fsp3) is 0.143. The van der Waals surface area contributed by atoms with Gasteiger partial charge in [-0.05, 0) is 17.7 Å². The van der Waals surface area contributed by atoms with E-state index in [9.17, 15) is 18.0 Å². The quantitative estimate of drug-likeness (QED) is 0.618. The first-order chi connectivity index (χ1) is 6.43. The van der Waals surface area contributed by atoms with Gasteiger partial charge < -0.3 is 5.73 Å².